The van der Waals surface area contributed by atoms with Gasteiger partial charge in [-0.3, -0.25) is 0 Å². The fourth-order valence-corrected chi connectivity index (χ4v) is 1.30. The summed E-state index contributed by atoms with van der Waals surface area (Å²) in [6.07, 6.45) is 0.507. The lowest BCUT2D eigenvalue weighted by Crippen LogP contribution is -2.26. The Balaban J connectivity index is 2.33. The summed E-state index contributed by atoms with van der Waals surface area (Å²) < 4.78 is 25.9. The zero-order valence-corrected chi connectivity index (χ0v) is 8.82. The minimum Gasteiger partial charge on any atom is -0.318 e. The van der Waals surface area contributed by atoms with Gasteiger partial charge in [-0.2, -0.15) is 0 Å². The van der Waals surface area contributed by atoms with Crippen molar-refractivity contribution in [1.29, 1.82) is 0 Å². The van der Waals surface area contributed by atoms with Crippen LogP contribution in [-0.4, -0.2) is 26.7 Å². The second-order valence-electron chi connectivity index (χ2n) is 3.34. The second kappa shape index (κ2) is 6.48. The van der Waals surface area contributed by atoms with Crippen LogP contribution in [0, 0.1) is 11.6 Å². The molecule has 2 N–H and O–H groups in total. The fraction of sp³-hybridized carbons (Fsp3) is 0.455. The van der Waals surface area contributed by atoms with Crippen LogP contribution >= 0.6 is 0 Å². The molecule has 0 spiro atoms. The molecule has 0 saturated heterocycles. The first-order valence-electron chi connectivity index (χ1n) is 5.03. The van der Waals surface area contributed by atoms with Gasteiger partial charge in [0.15, 0.2) is 0 Å². The van der Waals surface area contributed by atoms with Gasteiger partial charge in [-0.15, -0.1) is 0 Å². The summed E-state index contributed by atoms with van der Waals surface area (Å²) in [5.41, 5.74) is 0.423. The number of rotatable bonds is 6. The van der Waals surface area contributed by atoms with E-state index < -0.39 is 0 Å². The molecule has 0 radical (unpaired) electrons. The van der Waals surface area contributed by atoms with Crippen LogP contribution in [0.1, 0.15) is 5.56 Å². The van der Waals surface area contributed by atoms with E-state index in [9.17, 15) is 8.78 Å². The number of benzene rings is 1. The quantitative estimate of drug-likeness (QED) is 0.698. The molecule has 15 heavy (non-hydrogen) atoms. The number of nitrogens with one attached hydrogen (secondary N) is 2. The highest BCUT2D eigenvalue weighted by molar-refractivity contribution is 5.18. The molecular weight excluding hydrogens is 198 g/mol. The van der Waals surface area contributed by atoms with Crippen LogP contribution in [0.3, 0.4) is 0 Å². The highest BCUT2D eigenvalue weighted by atomic mass is 19.1. The van der Waals surface area contributed by atoms with Crippen LogP contribution < -0.4 is 10.6 Å². The van der Waals surface area contributed by atoms with E-state index in [2.05, 4.69) is 10.6 Å². The smallest absolute Gasteiger partial charge is 0.126 e. The SMILES string of the molecule is CNCCNCCc1cc(F)ccc1F. The van der Waals surface area contributed by atoms with Gasteiger partial charge in [-0.1, -0.05) is 0 Å². The number of hydrogen-bond donors (Lipinski definition) is 2. The van der Waals surface area contributed by atoms with Crippen molar-refractivity contribution in [1.82, 2.24) is 10.6 Å². The first-order chi connectivity index (χ1) is 7.24. The van der Waals surface area contributed by atoms with E-state index in [1.54, 1.807) is 0 Å². The van der Waals surface area contributed by atoms with Crippen molar-refractivity contribution >= 4 is 0 Å². The average molecular weight is 214 g/mol. The topological polar surface area (TPSA) is 24.1 Å². The van der Waals surface area contributed by atoms with Crippen molar-refractivity contribution < 1.29 is 8.78 Å². The molecule has 1 aromatic carbocycles. The van der Waals surface area contributed by atoms with Crippen LogP contribution in [0.2, 0.25) is 0 Å². The summed E-state index contributed by atoms with van der Waals surface area (Å²) in [5, 5.41) is 6.12. The third-order valence-corrected chi connectivity index (χ3v) is 2.13. The molecule has 0 fully saturated rings. The molecule has 4 heteroatoms. The minimum absolute atomic E-state index is 0.341. The Morgan fingerprint density at radius 1 is 1.13 bits per heavy atom. The first kappa shape index (κ1) is 12.1. The molecule has 0 aromatic heterocycles. The maximum Gasteiger partial charge on any atom is 0.126 e. The van der Waals surface area contributed by atoms with Gasteiger partial charge in [-0.25, -0.2) is 8.78 Å². The number of hydrogen-bond acceptors (Lipinski definition) is 2. The Kier molecular flexibility index (Phi) is 5.21. The maximum atomic E-state index is 13.1. The van der Waals surface area contributed by atoms with Crippen LogP contribution in [0.15, 0.2) is 18.2 Å². The van der Waals surface area contributed by atoms with E-state index in [1.165, 1.54) is 6.07 Å². The van der Waals surface area contributed by atoms with Crippen LogP contribution in [-0.2, 0) is 6.42 Å². The Morgan fingerprint density at radius 2 is 1.93 bits per heavy atom. The summed E-state index contributed by atoms with van der Waals surface area (Å²) in [5.74, 6) is -0.728. The minimum atomic E-state index is -0.387. The lowest BCUT2D eigenvalue weighted by molar-refractivity contribution is 0.575. The fourth-order valence-electron chi connectivity index (χ4n) is 1.30. The summed E-state index contributed by atoms with van der Waals surface area (Å²) in [4.78, 5) is 0. The predicted molar refractivity (Wildman–Crippen MR) is 56.9 cm³/mol. The molecule has 0 unspecified atom stereocenters. The molecule has 0 amide bonds. The van der Waals surface area contributed by atoms with Crippen molar-refractivity contribution in [3.63, 3.8) is 0 Å². The molecule has 0 aliphatic heterocycles. The van der Waals surface area contributed by atoms with Gasteiger partial charge < -0.3 is 10.6 Å². The van der Waals surface area contributed by atoms with E-state index in [4.69, 9.17) is 0 Å². The summed E-state index contributed by atoms with van der Waals surface area (Å²) in [7, 11) is 1.87. The van der Waals surface area contributed by atoms with E-state index >= 15 is 0 Å². The van der Waals surface area contributed by atoms with Gasteiger partial charge in [-0.05, 0) is 43.8 Å². The zero-order valence-electron chi connectivity index (χ0n) is 8.82. The van der Waals surface area contributed by atoms with Gasteiger partial charge in [0.2, 0.25) is 0 Å². The molecule has 2 nitrogen and oxygen atoms in total. The molecule has 0 aliphatic rings. The molecule has 1 rings (SSSR count). The van der Waals surface area contributed by atoms with E-state index in [0.717, 1.165) is 25.2 Å². The highest BCUT2D eigenvalue weighted by Crippen LogP contribution is 2.09. The van der Waals surface area contributed by atoms with Gasteiger partial charge in [0.1, 0.15) is 11.6 Å². The molecule has 0 bridgehead atoms. The monoisotopic (exact) mass is 214 g/mol. The summed E-state index contributed by atoms with van der Waals surface area (Å²) in [6.45, 7) is 2.35. The molecular formula is C11H16F2N2. The second-order valence-corrected chi connectivity index (χ2v) is 3.34. The molecule has 0 aliphatic carbocycles. The van der Waals surface area contributed by atoms with Gasteiger partial charge >= 0.3 is 0 Å². The van der Waals surface area contributed by atoms with Crippen molar-refractivity contribution in [2.24, 2.45) is 0 Å². The standard InChI is InChI=1S/C11H16F2N2/c1-14-6-7-15-5-4-9-8-10(12)2-3-11(9)13/h2-3,8,14-15H,4-7H2,1H3. The van der Waals surface area contributed by atoms with Crippen LogP contribution in [0.25, 0.3) is 0 Å². The third kappa shape index (κ3) is 4.36. The van der Waals surface area contributed by atoms with Crippen LogP contribution in [0.5, 0.6) is 0 Å². The normalized spacial score (nSPS) is 10.6. The summed E-state index contributed by atoms with van der Waals surface area (Å²) in [6, 6.07) is 3.54. The molecule has 0 heterocycles. The summed E-state index contributed by atoms with van der Waals surface area (Å²) >= 11 is 0. The maximum absolute atomic E-state index is 13.1. The van der Waals surface area contributed by atoms with Gasteiger partial charge in [0.25, 0.3) is 0 Å². The largest absolute Gasteiger partial charge is 0.318 e. The van der Waals surface area contributed by atoms with Gasteiger partial charge in [0, 0.05) is 13.1 Å². The molecule has 0 atom stereocenters. The first-order valence-corrected chi connectivity index (χ1v) is 5.03. The van der Waals surface area contributed by atoms with E-state index in [0.29, 0.717) is 18.5 Å². The predicted octanol–water partition coefficient (Wildman–Crippen LogP) is 1.32. The Bertz CT molecular complexity index is 303. The van der Waals surface area contributed by atoms with Crippen molar-refractivity contribution in [3.05, 3.63) is 35.4 Å². The Labute approximate surface area is 88.7 Å². The average Bonchev–Trinajstić information content (AvgIpc) is 2.23. The molecule has 84 valence electrons. The lowest BCUT2D eigenvalue weighted by atomic mass is 10.1. The van der Waals surface area contributed by atoms with E-state index in [1.807, 2.05) is 7.05 Å². The Morgan fingerprint density at radius 3 is 2.67 bits per heavy atom. The van der Waals surface area contributed by atoms with Crippen molar-refractivity contribution in [2.75, 3.05) is 26.7 Å². The van der Waals surface area contributed by atoms with Crippen molar-refractivity contribution in [2.45, 2.75) is 6.42 Å². The molecule has 1 aromatic rings. The van der Waals surface area contributed by atoms with Crippen LogP contribution in [0.4, 0.5) is 8.78 Å². The number of likely N-dealkylation sites (N-methyl/N-ethyl adjacent to an activating group) is 1. The lowest BCUT2D eigenvalue weighted by Gasteiger charge is -2.05. The number of halogens is 2. The molecule has 0 saturated carbocycles. The van der Waals surface area contributed by atoms with Gasteiger partial charge in [0.05, 0.1) is 0 Å². The zero-order chi connectivity index (χ0) is 11.1. The van der Waals surface area contributed by atoms with Crippen molar-refractivity contribution in [3.8, 4) is 0 Å². The third-order valence-electron chi connectivity index (χ3n) is 2.13. The Hall–Kier alpha value is -1.00. The highest BCUT2D eigenvalue weighted by Gasteiger charge is 2.02. The van der Waals surface area contributed by atoms with E-state index in [-0.39, 0.29) is 11.6 Å².